The quantitative estimate of drug-likeness (QED) is 0.733. The van der Waals surface area contributed by atoms with Crippen LogP contribution in [0, 0.1) is 6.92 Å². The zero-order valence-corrected chi connectivity index (χ0v) is 15.5. The van der Waals surface area contributed by atoms with Gasteiger partial charge in [-0.25, -0.2) is 4.98 Å². The molecule has 1 aliphatic rings. The summed E-state index contributed by atoms with van der Waals surface area (Å²) >= 11 is 0. The van der Waals surface area contributed by atoms with E-state index in [1.54, 1.807) is 0 Å². The molecule has 0 aliphatic carbocycles. The lowest BCUT2D eigenvalue weighted by Gasteiger charge is -2.27. The van der Waals surface area contributed by atoms with Crippen LogP contribution in [0.25, 0.3) is 0 Å². The lowest BCUT2D eigenvalue weighted by Crippen LogP contribution is -2.35. The number of benzene rings is 2. The third-order valence-electron chi connectivity index (χ3n) is 4.98. The number of anilines is 1. The number of hydrogen-bond donors (Lipinski definition) is 2. The van der Waals surface area contributed by atoms with Crippen LogP contribution in [0.2, 0.25) is 0 Å². The van der Waals surface area contributed by atoms with Crippen LogP contribution in [0.4, 0.5) is 5.95 Å². The minimum Gasteiger partial charge on any atom is -0.352 e. The molecule has 138 valence electrons. The third kappa shape index (κ3) is 4.26. The Balaban J connectivity index is 1.44. The molecule has 0 radical (unpaired) electrons. The summed E-state index contributed by atoms with van der Waals surface area (Å²) in [5.41, 5.74) is 5.33. The van der Waals surface area contributed by atoms with Crippen LogP contribution >= 0.6 is 0 Å². The second-order valence-corrected chi connectivity index (χ2v) is 7.13. The van der Waals surface area contributed by atoms with E-state index >= 15 is 0 Å². The topological polar surface area (TPSA) is 61.0 Å². The minimum atomic E-state index is -0.0378. The maximum Gasteiger partial charge on any atom is 0.257 e. The Bertz CT molecular complexity index is 964. The van der Waals surface area contributed by atoms with Crippen LogP contribution in [0.15, 0.2) is 59.4 Å². The lowest BCUT2D eigenvalue weighted by molar-refractivity contribution is 0.242. The molecule has 0 fully saturated rings. The molecule has 2 heterocycles. The van der Waals surface area contributed by atoms with Gasteiger partial charge >= 0.3 is 0 Å². The van der Waals surface area contributed by atoms with Crippen LogP contribution < -0.4 is 10.9 Å². The van der Waals surface area contributed by atoms with E-state index in [0.29, 0.717) is 19.0 Å². The number of aromatic amines is 1. The fraction of sp³-hybridized carbons (Fsp3) is 0.273. The molecule has 0 atom stereocenters. The smallest absolute Gasteiger partial charge is 0.257 e. The van der Waals surface area contributed by atoms with E-state index in [4.69, 9.17) is 0 Å². The molecule has 0 unspecified atom stereocenters. The molecule has 0 saturated heterocycles. The zero-order chi connectivity index (χ0) is 18.6. The van der Waals surface area contributed by atoms with Crippen molar-refractivity contribution in [2.24, 2.45) is 0 Å². The summed E-state index contributed by atoms with van der Waals surface area (Å²) < 4.78 is 0. The van der Waals surface area contributed by atoms with Gasteiger partial charge in [0.25, 0.3) is 5.56 Å². The second-order valence-electron chi connectivity index (χ2n) is 7.13. The number of nitrogens with zero attached hydrogens (tertiary/aromatic N) is 2. The van der Waals surface area contributed by atoms with Gasteiger partial charge in [0, 0.05) is 32.6 Å². The number of H-pyrrole nitrogens is 1. The predicted molar refractivity (Wildman–Crippen MR) is 108 cm³/mol. The number of aryl methyl sites for hydroxylation is 1. The molecule has 0 bridgehead atoms. The zero-order valence-electron chi connectivity index (χ0n) is 15.5. The first-order chi connectivity index (χ1) is 13.2. The molecule has 0 saturated carbocycles. The lowest BCUT2D eigenvalue weighted by atomic mass is 10.1. The van der Waals surface area contributed by atoms with Gasteiger partial charge in [-0.05, 0) is 18.1 Å². The Morgan fingerprint density at radius 2 is 1.85 bits per heavy atom. The van der Waals surface area contributed by atoms with Crippen LogP contribution in [0.5, 0.6) is 0 Å². The SMILES string of the molecule is Cc1ccc(CNc2nc3c(c(=O)[nH]2)CN(Cc2ccccc2)CC3)cc1. The Morgan fingerprint density at radius 1 is 1.07 bits per heavy atom. The van der Waals surface area contributed by atoms with Crippen LogP contribution in [0.1, 0.15) is 27.9 Å². The Hall–Kier alpha value is -2.92. The maximum absolute atomic E-state index is 12.6. The average molecular weight is 360 g/mol. The average Bonchev–Trinajstić information content (AvgIpc) is 2.69. The third-order valence-corrected chi connectivity index (χ3v) is 4.98. The van der Waals surface area contributed by atoms with Gasteiger partial charge in [0.05, 0.1) is 11.3 Å². The first-order valence-corrected chi connectivity index (χ1v) is 9.35. The molecule has 1 aliphatic heterocycles. The van der Waals surface area contributed by atoms with Gasteiger partial charge in [-0.15, -0.1) is 0 Å². The Kier molecular flexibility index (Phi) is 5.03. The van der Waals surface area contributed by atoms with Crippen molar-refractivity contribution >= 4 is 5.95 Å². The van der Waals surface area contributed by atoms with E-state index in [2.05, 4.69) is 63.5 Å². The minimum absolute atomic E-state index is 0.0378. The fourth-order valence-electron chi connectivity index (χ4n) is 3.43. The molecule has 2 N–H and O–H groups in total. The second kappa shape index (κ2) is 7.76. The summed E-state index contributed by atoms with van der Waals surface area (Å²) in [5, 5.41) is 3.24. The van der Waals surface area contributed by atoms with E-state index in [9.17, 15) is 4.79 Å². The summed E-state index contributed by atoms with van der Waals surface area (Å²) in [5.74, 6) is 0.552. The fourth-order valence-corrected chi connectivity index (χ4v) is 3.43. The summed E-state index contributed by atoms with van der Waals surface area (Å²) in [6, 6.07) is 18.7. The number of fused-ring (bicyclic) bond motifs is 1. The van der Waals surface area contributed by atoms with Crippen molar-refractivity contribution in [3.05, 3.63) is 92.9 Å². The molecule has 2 aromatic carbocycles. The molecule has 5 nitrogen and oxygen atoms in total. The maximum atomic E-state index is 12.6. The van der Waals surface area contributed by atoms with Gasteiger partial charge in [0.1, 0.15) is 0 Å². The molecule has 5 heteroatoms. The Morgan fingerprint density at radius 3 is 2.63 bits per heavy atom. The number of rotatable bonds is 5. The molecule has 27 heavy (non-hydrogen) atoms. The summed E-state index contributed by atoms with van der Waals surface area (Å²) in [4.78, 5) is 22.4. The number of hydrogen-bond acceptors (Lipinski definition) is 4. The van der Waals surface area contributed by atoms with Gasteiger partial charge in [-0.1, -0.05) is 60.2 Å². The summed E-state index contributed by atoms with van der Waals surface area (Å²) in [6.07, 6.45) is 0.797. The van der Waals surface area contributed by atoms with Gasteiger partial charge < -0.3 is 5.32 Å². The van der Waals surface area contributed by atoms with Gasteiger partial charge in [0.15, 0.2) is 0 Å². The summed E-state index contributed by atoms with van der Waals surface area (Å²) in [7, 11) is 0. The van der Waals surface area contributed by atoms with E-state index in [-0.39, 0.29) is 5.56 Å². The van der Waals surface area contributed by atoms with Crippen molar-refractivity contribution < 1.29 is 0 Å². The molecular formula is C22H24N4O. The van der Waals surface area contributed by atoms with Crippen molar-refractivity contribution in [1.82, 2.24) is 14.9 Å². The monoisotopic (exact) mass is 360 g/mol. The normalized spacial score (nSPS) is 14.0. The van der Waals surface area contributed by atoms with Crippen molar-refractivity contribution in [2.75, 3.05) is 11.9 Å². The van der Waals surface area contributed by atoms with Crippen LogP contribution in [-0.4, -0.2) is 21.4 Å². The molecule has 0 spiro atoms. The van der Waals surface area contributed by atoms with Crippen molar-refractivity contribution in [3.8, 4) is 0 Å². The van der Waals surface area contributed by atoms with Crippen molar-refractivity contribution in [3.63, 3.8) is 0 Å². The van der Waals surface area contributed by atoms with Crippen LogP contribution in [-0.2, 0) is 26.1 Å². The highest BCUT2D eigenvalue weighted by Gasteiger charge is 2.21. The first kappa shape index (κ1) is 17.5. The van der Waals surface area contributed by atoms with E-state index in [1.807, 2.05) is 18.2 Å². The largest absolute Gasteiger partial charge is 0.352 e. The van der Waals surface area contributed by atoms with Crippen LogP contribution in [0.3, 0.4) is 0 Å². The molecule has 0 amide bonds. The highest BCUT2D eigenvalue weighted by molar-refractivity contribution is 5.33. The Labute approximate surface area is 159 Å². The van der Waals surface area contributed by atoms with E-state index in [0.717, 1.165) is 36.3 Å². The standard InChI is InChI=1S/C22H24N4O/c1-16-7-9-17(10-8-16)13-23-22-24-20-11-12-26(15-19(20)21(27)25-22)14-18-5-3-2-4-6-18/h2-10H,11-15H2,1H3,(H2,23,24,25,27). The first-order valence-electron chi connectivity index (χ1n) is 9.35. The van der Waals surface area contributed by atoms with E-state index < -0.39 is 0 Å². The predicted octanol–water partition coefficient (Wildman–Crippen LogP) is 3.25. The number of nitrogens with one attached hydrogen (secondary N) is 2. The molecule has 3 aromatic rings. The highest BCUT2D eigenvalue weighted by atomic mass is 16.1. The van der Waals surface area contributed by atoms with Gasteiger partial charge in [-0.3, -0.25) is 14.7 Å². The number of aromatic nitrogens is 2. The molecule has 1 aromatic heterocycles. The van der Waals surface area contributed by atoms with Gasteiger partial charge in [-0.2, -0.15) is 0 Å². The van der Waals surface area contributed by atoms with E-state index in [1.165, 1.54) is 11.1 Å². The van der Waals surface area contributed by atoms with Gasteiger partial charge in [0.2, 0.25) is 5.95 Å². The highest BCUT2D eigenvalue weighted by Crippen LogP contribution is 2.17. The van der Waals surface area contributed by atoms with Crippen molar-refractivity contribution in [2.45, 2.75) is 33.0 Å². The molecular weight excluding hydrogens is 336 g/mol. The van der Waals surface area contributed by atoms with Crippen molar-refractivity contribution in [1.29, 1.82) is 0 Å². The summed E-state index contributed by atoms with van der Waals surface area (Å²) in [6.45, 7) is 5.12. The molecule has 4 rings (SSSR count).